The van der Waals surface area contributed by atoms with Gasteiger partial charge in [0.1, 0.15) is 0 Å². The zero-order valence-electron chi connectivity index (χ0n) is 14.5. The highest BCUT2D eigenvalue weighted by atomic mass is 35.5. The predicted octanol–water partition coefficient (Wildman–Crippen LogP) is 3.46. The van der Waals surface area contributed by atoms with Crippen molar-refractivity contribution in [3.8, 4) is 0 Å². The fourth-order valence-corrected chi connectivity index (χ4v) is 2.32. The minimum Gasteiger partial charge on any atom is -0.452 e. The maximum atomic E-state index is 12.0. The quantitative estimate of drug-likeness (QED) is 0.313. The molecular weight excluding hydrogens is 372 g/mol. The minimum atomic E-state index is -0.763. The summed E-state index contributed by atoms with van der Waals surface area (Å²) in [7, 11) is 1.59. The van der Waals surface area contributed by atoms with E-state index in [1.54, 1.807) is 37.4 Å². The van der Waals surface area contributed by atoms with E-state index in [4.69, 9.17) is 16.3 Å². The van der Waals surface area contributed by atoms with E-state index in [2.05, 4.69) is 0 Å². The van der Waals surface area contributed by atoms with Crippen molar-refractivity contribution in [2.45, 2.75) is 6.54 Å². The van der Waals surface area contributed by atoms with Crippen molar-refractivity contribution in [2.75, 3.05) is 13.7 Å². The fraction of sp³-hybridized carbons (Fsp3) is 0.158. The van der Waals surface area contributed by atoms with Crippen molar-refractivity contribution in [1.29, 1.82) is 0 Å². The molecule has 7 nitrogen and oxygen atoms in total. The van der Waals surface area contributed by atoms with Crippen LogP contribution in [-0.4, -0.2) is 35.4 Å². The molecule has 2 aromatic carbocycles. The Morgan fingerprint density at radius 2 is 1.85 bits per heavy atom. The van der Waals surface area contributed by atoms with Crippen LogP contribution in [0.2, 0.25) is 5.02 Å². The van der Waals surface area contributed by atoms with Crippen LogP contribution in [-0.2, 0) is 20.9 Å². The van der Waals surface area contributed by atoms with Gasteiger partial charge in [-0.3, -0.25) is 14.9 Å². The third-order valence-corrected chi connectivity index (χ3v) is 3.88. The summed E-state index contributed by atoms with van der Waals surface area (Å²) in [4.78, 5) is 35.6. The number of esters is 1. The van der Waals surface area contributed by atoms with E-state index in [1.165, 1.54) is 29.2 Å². The minimum absolute atomic E-state index is 0.125. The van der Waals surface area contributed by atoms with Gasteiger partial charge in [-0.05, 0) is 29.8 Å². The number of hydrogen-bond acceptors (Lipinski definition) is 5. The highest BCUT2D eigenvalue weighted by molar-refractivity contribution is 6.30. The summed E-state index contributed by atoms with van der Waals surface area (Å²) in [6, 6.07) is 13.0. The van der Waals surface area contributed by atoms with E-state index in [1.807, 2.05) is 0 Å². The Balaban J connectivity index is 1.86. The summed E-state index contributed by atoms with van der Waals surface area (Å²) in [5.41, 5.74) is 1.03. The lowest BCUT2D eigenvalue weighted by atomic mass is 10.1. The van der Waals surface area contributed by atoms with Crippen LogP contribution >= 0.6 is 11.6 Å². The molecule has 140 valence electrons. The molecule has 2 rings (SSSR count). The van der Waals surface area contributed by atoms with Crippen molar-refractivity contribution in [1.82, 2.24) is 4.90 Å². The molecule has 0 fully saturated rings. The van der Waals surface area contributed by atoms with Crippen molar-refractivity contribution in [3.63, 3.8) is 0 Å². The van der Waals surface area contributed by atoms with E-state index in [-0.39, 0.29) is 17.2 Å². The molecule has 0 spiro atoms. The first kappa shape index (κ1) is 20.1. The number of para-hydroxylation sites is 1. The number of nitro groups is 1. The van der Waals surface area contributed by atoms with Crippen LogP contribution in [0.4, 0.5) is 5.69 Å². The highest BCUT2D eigenvalue weighted by Gasteiger charge is 2.13. The largest absolute Gasteiger partial charge is 0.452 e. The number of carbonyl (C=O) groups excluding carboxylic acids is 2. The number of nitrogens with zero attached hydrogens (tertiary/aromatic N) is 2. The van der Waals surface area contributed by atoms with Gasteiger partial charge in [0.05, 0.1) is 10.5 Å². The molecule has 2 aromatic rings. The molecule has 0 aliphatic carbocycles. The lowest BCUT2D eigenvalue weighted by molar-refractivity contribution is -0.385. The summed E-state index contributed by atoms with van der Waals surface area (Å²) in [6.45, 7) is -0.0796. The molecule has 0 saturated heterocycles. The van der Waals surface area contributed by atoms with Gasteiger partial charge in [-0.15, -0.1) is 0 Å². The molecule has 0 atom stereocenters. The van der Waals surface area contributed by atoms with E-state index in [0.717, 1.165) is 11.6 Å². The number of nitro benzene ring substituents is 1. The Morgan fingerprint density at radius 3 is 2.52 bits per heavy atom. The normalized spacial score (nSPS) is 10.6. The molecule has 0 heterocycles. The van der Waals surface area contributed by atoms with Gasteiger partial charge < -0.3 is 9.64 Å². The first-order valence-corrected chi connectivity index (χ1v) is 8.31. The molecule has 0 radical (unpaired) electrons. The molecule has 0 bridgehead atoms. The molecule has 0 aliphatic heterocycles. The number of hydrogen-bond donors (Lipinski definition) is 0. The predicted molar refractivity (Wildman–Crippen MR) is 101 cm³/mol. The highest BCUT2D eigenvalue weighted by Crippen LogP contribution is 2.18. The molecular formula is C19H17ClN2O5. The number of likely N-dealkylation sites (N-methyl/N-ethyl adjacent to an activating group) is 1. The number of carbonyl (C=O) groups is 2. The number of rotatable bonds is 7. The zero-order chi connectivity index (χ0) is 19.8. The van der Waals surface area contributed by atoms with E-state index in [0.29, 0.717) is 11.6 Å². The van der Waals surface area contributed by atoms with Crippen molar-refractivity contribution in [2.24, 2.45) is 0 Å². The lowest BCUT2D eigenvalue weighted by Gasteiger charge is -2.17. The average molecular weight is 389 g/mol. The first-order valence-electron chi connectivity index (χ1n) is 7.93. The second-order valence-corrected chi connectivity index (χ2v) is 6.07. The summed E-state index contributed by atoms with van der Waals surface area (Å²) in [6.07, 6.45) is 2.33. The van der Waals surface area contributed by atoms with Crippen molar-refractivity contribution in [3.05, 3.63) is 80.9 Å². The second-order valence-electron chi connectivity index (χ2n) is 5.63. The van der Waals surface area contributed by atoms with Crippen LogP contribution < -0.4 is 0 Å². The molecule has 0 aliphatic rings. The maximum absolute atomic E-state index is 12.0. The van der Waals surface area contributed by atoms with E-state index < -0.39 is 17.5 Å². The monoisotopic (exact) mass is 388 g/mol. The molecule has 0 aromatic heterocycles. The molecule has 1 amide bonds. The zero-order valence-corrected chi connectivity index (χ0v) is 15.3. The van der Waals surface area contributed by atoms with Crippen molar-refractivity contribution < 1.29 is 19.2 Å². The second kappa shape index (κ2) is 9.49. The van der Waals surface area contributed by atoms with Crippen LogP contribution in [0.5, 0.6) is 0 Å². The first-order chi connectivity index (χ1) is 12.9. The Kier molecular flexibility index (Phi) is 7.08. The lowest BCUT2D eigenvalue weighted by Crippen LogP contribution is -2.30. The molecule has 0 saturated carbocycles. The topological polar surface area (TPSA) is 89.8 Å². The van der Waals surface area contributed by atoms with Gasteiger partial charge in [-0.1, -0.05) is 35.9 Å². The van der Waals surface area contributed by atoms with E-state index in [9.17, 15) is 19.7 Å². The smallest absolute Gasteiger partial charge is 0.331 e. The van der Waals surface area contributed by atoms with Gasteiger partial charge in [0, 0.05) is 30.8 Å². The average Bonchev–Trinajstić information content (AvgIpc) is 2.66. The molecule has 0 unspecified atom stereocenters. The van der Waals surface area contributed by atoms with Gasteiger partial charge in [0.2, 0.25) is 0 Å². The number of halogens is 1. The van der Waals surface area contributed by atoms with Gasteiger partial charge in [0.15, 0.2) is 6.61 Å². The van der Waals surface area contributed by atoms with Gasteiger partial charge in [0.25, 0.3) is 11.6 Å². The van der Waals surface area contributed by atoms with Crippen molar-refractivity contribution >= 4 is 35.2 Å². The Morgan fingerprint density at radius 1 is 1.19 bits per heavy atom. The summed E-state index contributed by atoms with van der Waals surface area (Å²) < 4.78 is 4.90. The Bertz CT molecular complexity index is 865. The third kappa shape index (κ3) is 6.23. The van der Waals surface area contributed by atoms with Crippen LogP contribution in [0.3, 0.4) is 0 Å². The van der Waals surface area contributed by atoms with Gasteiger partial charge in [-0.25, -0.2) is 4.79 Å². The van der Waals surface area contributed by atoms with Gasteiger partial charge >= 0.3 is 5.97 Å². The number of ether oxygens (including phenoxy) is 1. The van der Waals surface area contributed by atoms with E-state index >= 15 is 0 Å². The number of amides is 1. The third-order valence-electron chi connectivity index (χ3n) is 3.63. The molecule has 0 N–H and O–H groups in total. The summed E-state index contributed by atoms with van der Waals surface area (Å²) in [5, 5.41) is 11.5. The molecule has 8 heteroatoms. The van der Waals surface area contributed by atoms with Gasteiger partial charge in [-0.2, -0.15) is 0 Å². The van der Waals surface area contributed by atoms with Crippen LogP contribution in [0.1, 0.15) is 11.1 Å². The maximum Gasteiger partial charge on any atom is 0.331 e. The molecule has 27 heavy (non-hydrogen) atoms. The summed E-state index contributed by atoms with van der Waals surface area (Å²) >= 11 is 5.81. The standard InChI is InChI=1S/C19H17ClN2O5/c1-21(12-14-6-9-16(20)10-7-14)18(23)13-27-19(24)11-8-15-4-2-3-5-17(15)22(25)26/h2-11H,12-13H2,1H3/b11-8+. The Hall–Kier alpha value is -3.19. The SMILES string of the molecule is CN(Cc1ccc(Cl)cc1)C(=O)COC(=O)/C=C/c1ccccc1[N+](=O)[O-]. The Labute approximate surface area is 161 Å². The van der Waals surface area contributed by atoms with Crippen LogP contribution in [0.15, 0.2) is 54.6 Å². The summed E-state index contributed by atoms with van der Waals surface area (Å²) in [5.74, 6) is -1.14. The fourth-order valence-electron chi connectivity index (χ4n) is 2.20. The number of benzene rings is 2. The van der Waals surface area contributed by atoms with Crippen LogP contribution in [0.25, 0.3) is 6.08 Å². The van der Waals surface area contributed by atoms with Crippen LogP contribution in [0, 0.1) is 10.1 Å².